The number of nitrogens with zero attached hydrogens (tertiary/aromatic N) is 2. The molecule has 0 aliphatic heterocycles. The van der Waals surface area contributed by atoms with Crippen molar-refractivity contribution in [2.75, 3.05) is 5.32 Å². The number of amides is 1. The molecule has 0 aliphatic rings. The molecule has 0 aliphatic carbocycles. The molecule has 2 aromatic heterocycles. The van der Waals surface area contributed by atoms with Crippen LogP contribution in [0.2, 0.25) is 0 Å². The van der Waals surface area contributed by atoms with Gasteiger partial charge in [-0.3, -0.25) is 10.1 Å². The second kappa shape index (κ2) is 5.37. The zero-order valence-corrected chi connectivity index (χ0v) is 11.3. The lowest BCUT2D eigenvalue weighted by Crippen LogP contribution is -2.09. The molecule has 2 aromatic rings. The van der Waals surface area contributed by atoms with Crippen molar-refractivity contribution >= 4 is 33.7 Å². The van der Waals surface area contributed by atoms with Crippen LogP contribution >= 0.6 is 22.7 Å². The second-order valence-corrected chi connectivity index (χ2v) is 6.04. The van der Waals surface area contributed by atoms with Crippen molar-refractivity contribution in [3.63, 3.8) is 0 Å². The van der Waals surface area contributed by atoms with Gasteiger partial charge in [0.2, 0.25) is 5.13 Å². The maximum Gasteiger partial charge on any atom is 0.267 e. The van der Waals surface area contributed by atoms with Crippen molar-refractivity contribution < 1.29 is 4.79 Å². The Balaban J connectivity index is 1.99. The molecule has 0 radical (unpaired) electrons. The first kappa shape index (κ1) is 12.2. The fourth-order valence-corrected chi connectivity index (χ4v) is 2.87. The number of hydrogen-bond donors (Lipinski definition) is 1. The summed E-state index contributed by atoms with van der Waals surface area (Å²) in [5.74, 6) is 0.427. The summed E-state index contributed by atoms with van der Waals surface area (Å²) < 4.78 is 0. The van der Waals surface area contributed by atoms with Crippen molar-refractivity contribution in [1.82, 2.24) is 10.2 Å². The summed E-state index contributed by atoms with van der Waals surface area (Å²) in [6.45, 7) is 4.26. The third kappa shape index (κ3) is 3.34. The third-order valence-electron chi connectivity index (χ3n) is 2.02. The molecule has 2 heterocycles. The van der Waals surface area contributed by atoms with Crippen LogP contribution in [0.5, 0.6) is 0 Å². The SMILES string of the molecule is CC(C)Cc1nnc(NC(=O)c2cccs2)s1. The van der Waals surface area contributed by atoms with E-state index in [-0.39, 0.29) is 5.91 Å². The van der Waals surface area contributed by atoms with E-state index in [0.717, 1.165) is 11.4 Å². The monoisotopic (exact) mass is 267 g/mol. The molecular formula is C11H13N3OS2. The summed E-state index contributed by atoms with van der Waals surface area (Å²) in [6, 6.07) is 3.64. The first-order valence-electron chi connectivity index (χ1n) is 5.32. The largest absolute Gasteiger partial charge is 0.296 e. The number of nitrogens with one attached hydrogen (secondary N) is 1. The Bertz CT molecular complexity index is 491. The van der Waals surface area contributed by atoms with Gasteiger partial charge in [0, 0.05) is 6.42 Å². The van der Waals surface area contributed by atoms with E-state index in [2.05, 4.69) is 29.4 Å². The Morgan fingerprint density at radius 1 is 1.47 bits per heavy atom. The first-order chi connectivity index (χ1) is 8.15. The molecular weight excluding hydrogens is 254 g/mol. The molecule has 0 saturated carbocycles. The molecule has 4 nitrogen and oxygen atoms in total. The van der Waals surface area contributed by atoms with E-state index in [1.54, 1.807) is 6.07 Å². The first-order valence-corrected chi connectivity index (χ1v) is 7.02. The molecule has 0 fully saturated rings. The molecule has 2 rings (SSSR count). The standard InChI is InChI=1S/C11H13N3OS2/c1-7(2)6-9-13-14-11(17-9)12-10(15)8-4-3-5-16-8/h3-5,7H,6H2,1-2H3,(H,12,14,15). The predicted octanol–water partition coefficient (Wildman–Crippen LogP) is 3.05. The highest BCUT2D eigenvalue weighted by Gasteiger charge is 2.11. The van der Waals surface area contributed by atoms with Gasteiger partial charge in [-0.2, -0.15) is 0 Å². The summed E-state index contributed by atoms with van der Waals surface area (Å²) in [5, 5.41) is 14.2. The number of thiophene rings is 1. The van der Waals surface area contributed by atoms with Crippen LogP contribution in [0.25, 0.3) is 0 Å². The Kier molecular flexibility index (Phi) is 3.86. The molecule has 0 atom stereocenters. The Hall–Kier alpha value is -1.27. The molecule has 1 N–H and O–H groups in total. The van der Waals surface area contributed by atoms with Gasteiger partial charge in [-0.05, 0) is 17.4 Å². The van der Waals surface area contributed by atoms with Crippen molar-refractivity contribution in [3.8, 4) is 0 Å². The highest BCUT2D eigenvalue weighted by atomic mass is 32.1. The van der Waals surface area contributed by atoms with Crippen molar-refractivity contribution in [1.29, 1.82) is 0 Å². The van der Waals surface area contributed by atoms with E-state index in [9.17, 15) is 4.79 Å². The minimum Gasteiger partial charge on any atom is -0.296 e. The summed E-state index contributed by atoms with van der Waals surface area (Å²) in [4.78, 5) is 12.4. The van der Waals surface area contributed by atoms with Crippen molar-refractivity contribution in [3.05, 3.63) is 27.4 Å². The Morgan fingerprint density at radius 2 is 2.29 bits per heavy atom. The summed E-state index contributed by atoms with van der Waals surface area (Å²) in [7, 11) is 0. The molecule has 17 heavy (non-hydrogen) atoms. The predicted molar refractivity (Wildman–Crippen MR) is 70.7 cm³/mol. The zero-order chi connectivity index (χ0) is 12.3. The number of carbonyl (C=O) groups is 1. The highest BCUT2D eigenvalue weighted by Crippen LogP contribution is 2.19. The van der Waals surface area contributed by atoms with Gasteiger partial charge in [0.25, 0.3) is 5.91 Å². The zero-order valence-electron chi connectivity index (χ0n) is 9.64. The fraction of sp³-hybridized carbons (Fsp3) is 0.364. The van der Waals surface area contributed by atoms with Crippen LogP contribution in [0.3, 0.4) is 0 Å². The van der Waals surface area contributed by atoms with Gasteiger partial charge in [0.15, 0.2) is 0 Å². The molecule has 0 bridgehead atoms. The van der Waals surface area contributed by atoms with Crippen LogP contribution in [-0.4, -0.2) is 16.1 Å². The fourth-order valence-electron chi connectivity index (χ4n) is 1.30. The van der Waals surface area contributed by atoms with Gasteiger partial charge in [0.1, 0.15) is 5.01 Å². The van der Waals surface area contributed by atoms with E-state index >= 15 is 0 Å². The van der Waals surface area contributed by atoms with Crippen LogP contribution in [0.1, 0.15) is 28.5 Å². The number of aromatic nitrogens is 2. The number of carbonyl (C=O) groups excluding carboxylic acids is 1. The number of hydrogen-bond acceptors (Lipinski definition) is 5. The summed E-state index contributed by atoms with van der Waals surface area (Å²) >= 11 is 2.85. The third-order valence-corrected chi connectivity index (χ3v) is 3.74. The molecule has 90 valence electrons. The van der Waals surface area contributed by atoms with Gasteiger partial charge in [-0.1, -0.05) is 31.3 Å². The minimum atomic E-state index is -0.118. The van der Waals surface area contributed by atoms with Gasteiger partial charge < -0.3 is 0 Å². The number of rotatable bonds is 4. The average Bonchev–Trinajstić information content (AvgIpc) is 2.87. The smallest absolute Gasteiger partial charge is 0.267 e. The minimum absolute atomic E-state index is 0.118. The maximum atomic E-state index is 11.7. The molecule has 0 unspecified atom stereocenters. The molecule has 6 heteroatoms. The lowest BCUT2D eigenvalue weighted by atomic mass is 10.1. The van der Waals surface area contributed by atoms with Crippen LogP contribution in [0, 0.1) is 5.92 Å². The van der Waals surface area contributed by atoms with Crippen molar-refractivity contribution in [2.45, 2.75) is 20.3 Å². The lowest BCUT2D eigenvalue weighted by molar-refractivity contribution is 0.103. The van der Waals surface area contributed by atoms with Gasteiger partial charge >= 0.3 is 0 Å². The number of anilines is 1. The maximum absolute atomic E-state index is 11.7. The van der Waals surface area contributed by atoms with Gasteiger partial charge in [0.05, 0.1) is 4.88 Å². The molecule has 0 spiro atoms. The Labute approximate surface area is 108 Å². The summed E-state index contributed by atoms with van der Waals surface area (Å²) in [6.07, 6.45) is 0.895. The van der Waals surface area contributed by atoms with Gasteiger partial charge in [-0.25, -0.2) is 0 Å². The van der Waals surface area contributed by atoms with Crippen LogP contribution in [-0.2, 0) is 6.42 Å². The van der Waals surface area contributed by atoms with Gasteiger partial charge in [-0.15, -0.1) is 21.5 Å². The second-order valence-electron chi connectivity index (χ2n) is 4.03. The Morgan fingerprint density at radius 3 is 2.94 bits per heavy atom. The normalized spacial score (nSPS) is 10.8. The van der Waals surface area contributed by atoms with Crippen molar-refractivity contribution in [2.24, 2.45) is 5.92 Å². The van der Waals surface area contributed by atoms with E-state index < -0.39 is 0 Å². The quantitative estimate of drug-likeness (QED) is 0.926. The highest BCUT2D eigenvalue weighted by molar-refractivity contribution is 7.15. The topological polar surface area (TPSA) is 54.9 Å². The van der Waals surface area contributed by atoms with E-state index in [4.69, 9.17) is 0 Å². The average molecular weight is 267 g/mol. The summed E-state index contributed by atoms with van der Waals surface area (Å²) in [5.41, 5.74) is 0. The van der Waals surface area contributed by atoms with Crippen LogP contribution in [0.4, 0.5) is 5.13 Å². The molecule has 0 saturated heterocycles. The van der Waals surface area contributed by atoms with Crippen LogP contribution in [0.15, 0.2) is 17.5 Å². The van der Waals surface area contributed by atoms with E-state index in [0.29, 0.717) is 15.9 Å². The lowest BCUT2D eigenvalue weighted by Gasteiger charge is -1.98. The molecule has 1 amide bonds. The van der Waals surface area contributed by atoms with E-state index in [1.165, 1.54) is 22.7 Å². The van der Waals surface area contributed by atoms with Crippen LogP contribution < -0.4 is 5.32 Å². The molecule has 0 aromatic carbocycles. The van der Waals surface area contributed by atoms with E-state index in [1.807, 2.05) is 11.4 Å².